The van der Waals surface area contributed by atoms with E-state index in [4.69, 9.17) is 0 Å². The minimum atomic E-state index is -0.0583. The Balaban J connectivity index is 2.21. The van der Waals surface area contributed by atoms with Crippen LogP contribution in [0.5, 0.6) is 0 Å². The molecule has 0 aromatic heterocycles. The summed E-state index contributed by atoms with van der Waals surface area (Å²) >= 11 is 0. The smallest absolute Gasteiger partial charge is 0.256 e. The second kappa shape index (κ2) is 6.05. The van der Waals surface area contributed by atoms with Gasteiger partial charge in [-0.1, -0.05) is 12.1 Å². The van der Waals surface area contributed by atoms with Gasteiger partial charge in [-0.2, -0.15) is 0 Å². The number of fused-ring (bicyclic) bond motifs is 1. The molecule has 1 aliphatic rings. The Morgan fingerprint density at radius 3 is 2.60 bits per heavy atom. The number of benzene rings is 1. The molecule has 0 saturated carbocycles. The van der Waals surface area contributed by atoms with Crippen LogP contribution in [0.3, 0.4) is 0 Å². The lowest BCUT2D eigenvalue weighted by Crippen LogP contribution is -2.39. The van der Waals surface area contributed by atoms with Gasteiger partial charge in [-0.25, -0.2) is 0 Å². The molecule has 0 spiro atoms. The number of hydrogen-bond acceptors (Lipinski definition) is 3. The van der Waals surface area contributed by atoms with E-state index >= 15 is 0 Å². The standard InChI is InChI=1S/C15H21N3O2/c1-16(2)9-6-10-18-11-14(19)17(3)13-8-5-4-7-12(13)15(18)20/h4-5,7-8H,6,9-11H2,1-3H3. The van der Waals surface area contributed by atoms with Crippen LogP contribution in [-0.4, -0.2) is 62.4 Å². The van der Waals surface area contributed by atoms with E-state index in [2.05, 4.69) is 4.90 Å². The summed E-state index contributed by atoms with van der Waals surface area (Å²) in [5.41, 5.74) is 1.29. The molecule has 0 saturated heterocycles. The summed E-state index contributed by atoms with van der Waals surface area (Å²) in [6.07, 6.45) is 0.859. The number of anilines is 1. The summed E-state index contributed by atoms with van der Waals surface area (Å²) in [5.74, 6) is -0.106. The molecule has 2 rings (SSSR count). The van der Waals surface area contributed by atoms with Crippen LogP contribution in [0.15, 0.2) is 24.3 Å². The van der Waals surface area contributed by atoms with E-state index in [0.29, 0.717) is 17.8 Å². The summed E-state index contributed by atoms with van der Waals surface area (Å²) in [7, 11) is 5.72. The number of para-hydroxylation sites is 1. The molecule has 1 heterocycles. The number of carbonyl (C=O) groups is 2. The van der Waals surface area contributed by atoms with Crippen LogP contribution in [-0.2, 0) is 4.79 Å². The van der Waals surface area contributed by atoms with Crippen molar-refractivity contribution in [3.05, 3.63) is 29.8 Å². The average molecular weight is 275 g/mol. The van der Waals surface area contributed by atoms with Gasteiger partial charge in [0.2, 0.25) is 5.91 Å². The van der Waals surface area contributed by atoms with Gasteiger partial charge in [-0.05, 0) is 39.2 Å². The number of likely N-dealkylation sites (N-methyl/N-ethyl adjacent to an activating group) is 1. The number of nitrogens with zero attached hydrogens (tertiary/aromatic N) is 3. The molecule has 0 fully saturated rings. The Hall–Kier alpha value is -1.88. The highest BCUT2D eigenvalue weighted by Crippen LogP contribution is 2.24. The quantitative estimate of drug-likeness (QED) is 0.825. The number of amides is 2. The zero-order valence-corrected chi connectivity index (χ0v) is 12.3. The van der Waals surface area contributed by atoms with Gasteiger partial charge in [0.15, 0.2) is 0 Å². The molecule has 0 N–H and O–H groups in total. The van der Waals surface area contributed by atoms with Crippen molar-refractivity contribution < 1.29 is 9.59 Å². The van der Waals surface area contributed by atoms with Crippen LogP contribution >= 0.6 is 0 Å². The molecule has 0 bridgehead atoms. The lowest BCUT2D eigenvalue weighted by molar-refractivity contribution is -0.118. The summed E-state index contributed by atoms with van der Waals surface area (Å²) in [4.78, 5) is 30.0. The zero-order chi connectivity index (χ0) is 14.7. The molecule has 5 nitrogen and oxygen atoms in total. The van der Waals surface area contributed by atoms with E-state index in [1.54, 1.807) is 22.9 Å². The van der Waals surface area contributed by atoms with E-state index in [1.807, 2.05) is 32.3 Å². The fourth-order valence-electron chi connectivity index (χ4n) is 2.35. The summed E-state index contributed by atoms with van der Waals surface area (Å²) < 4.78 is 0. The number of rotatable bonds is 4. The molecule has 1 aliphatic heterocycles. The molecule has 2 amide bonds. The van der Waals surface area contributed by atoms with Crippen molar-refractivity contribution in [1.82, 2.24) is 9.80 Å². The SMILES string of the molecule is CN(C)CCCN1CC(=O)N(C)c2ccccc2C1=O. The molecule has 5 heteroatoms. The average Bonchev–Trinajstić information content (AvgIpc) is 2.51. The van der Waals surface area contributed by atoms with Crippen molar-refractivity contribution in [2.24, 2.45) is 0 Å². The lowest BCUT2D eigenvalue weighted by Gasteiger charge is -2.21. The van der Waals surface area contributed by atoms with Crippen LogP contribution in [0, 0.1) is 0 Å². The van der Waals surface area contributed by atoms with Crippen LogP contribution in [0.2, 0.25) is 0 Å². The maximum Gasteiger partial charge on any atom is 0.256 e. The fourth-order valence-corrected chi connectivity index (χ4v) is 2.35. The first kappa shape index (κ1) is 14.5. The minimum absolute atomic E-state index is 0.0480. The maximum absolute atomic E-state index is 12.5. The summed E-state index contributed by atoms with van der Waals surface area (Å²) in [6, 6.07) is 7.27. The van der Waals surface area contributed by atoms with Crippen molar-refractivity contribution in [3.8, 4) is 0 Å². The Morgan fingerprint density at radius 2 is 1.90 bits per heavy atom. The molecule has 20 heavy (non-hydrogen) atoms. The highest BCUT2D eigenvalue weighted by molar-refractivity contribution is 6.09. The Kier molecular flexibility index (Phi) is 4.39. The minimum Gasteiger partial charge on any atom is -0.329 e. The molecule has 0 unspecified atom stereocenters. The van der Waals surface area contributed by atoms with Crippen molar-refractivity contribution in [3.63, 3.8) is 0 Å². The Bertz CT molecular complexity index is 514. The second-order valence-corrected chi connectivity index (χ2v) is 5.35. The summed E-state index contributed by atoms with van der Waals surface area (Å²) in [5, 5.41) is 0. The van der Waals surface area contributed by atoms with Gasteiger partial charge < -0.3 is 14.7 Å². The van der Waals surface area contributed by atoms with Gasteiger partial charge in [0, 0.05) is 13.6 Å². The molecule has 108 valence electrons. The van der Waals surface area contributed by atoms with E-state index in [0.717, 1.165) is 13.0 Å². The lowest BCUT2D eigenvalue weighted by atomic mass is 10.1. The van der Waals surface area contributed by atoms with E-state index in [9.17, 15) is 9.59 Å². The third kappa shape index (κ3) is 2.99. The molecular weight excluding hydrogens is 254 g/mol. The Labute approximate surface area is 119 Å². The first-order chi connectivity index (χ1) is 9.50. The molecular formula is C15H21N3O2. The molecule has 0 radical (unpaired) electrons. The first-order valence-corrected chi connectivity index (χ1v) is 6.80. The van der Waals surface area contributed by atoms with Crippen molar-refractivity contribution >= 4 is 17.5 Å². The van der Waals surface area contributed by atoms with Crippen molar-refractivity contribution in [1.29, 1.82) is 0 Å². The van der Waals surface area contributed by atoms with Crippen LogP contribution in [0.25, 0.3) is 0 Å². The monoisotopic (exact) mass is 275 g/mol. The van der Waals surface area contributed by atoms with Crippen molar-refractivity contribution in [2.75, 3.05) is 45.7 Å². The molecule has 0 atom stereocenters. The van der Waals surface area contributed by atoms with Gasteiger partial charge in [0.1, 0.15) is 6.54 Å². The molecule has 1 aromatic rings. The Morgan fingerprint density at radius 1 is 1.20 bits per heavy atom. The van der Waals surface area contributed by atoms with Gasteiger partial charge in [-0.15, -0.1) is 0 Å². The first-order valence-electron chi connectivity index (χ1n) is 6.80. The molecule has 0 aliphatic carbocycles. The topological polar surface area (TPSA) is 43.9 Å². The van der Waals surface area contributed by atoms with Gasteiger partial charge in [0.05, 0.1) is 11.3 Å². The van der Waals surface area contributed by atoms with E-state index in [1.165, 1.54) is 0 Å². The van der Waals surface area contributed by atoms with Crippen LogP contribution in [0.4, 0.5) is 5.69 Å². The van der Waals surface area contributed by atoms with Crippen LogP contribution in [0.1, 0.15) is 16.8 Å². The predicted octanol–water partition coefficient (Wildman–Crippen LogP) is 1.06. The molecule has 1 aromatic carbocycles. The van der Waals surface area contributed by atoms with Crippen molar-refractivity contribution in [2.45, 2.75) is 6.42 Å². The second-order valence-electron chi connectivity index (χ2n) is 5.35. The van der Waals surface area contributed by atoms with Gasteiger partial charge in [0.25, 0.3) is 5.91 Å². The number of hydrogen-bond donors (Lipinski definition) is 0. The third-order valence-electron chi connectivity index (χ3n) is 3.52. The van der Waals surface area contributed by atoms with Crippen LogP contribution < -0.4 is 4.90 Å². The zero-order valence-electron chi connectivity index (χ0n) is 12.3. The van der Waals surface area contributed by atoms with Gasteiger partial charge in [-0.3, -0.25) is 9.59 Å². The van der Waals surface area contributed by atoms with Gasteiger partial charge >= 0.3 is 0 Å². The highest BCUT2D eigenvalue weighted by Gasteiger charge is 2.28. The third-order valence-corrected chi connectivity index (χ3v) is 3.52. The normalized spacial score (nSPS) is 15.6. The number of carbonyl (C=O) groups excluding carboxylic acids is 2. The van der Waals surface area contributed by atoms with E-state index in [-0.39, 0.29) is 18.4 Å². The van der Waals surface area contributed by atoms with E-state index < -0.39 is 0 Å². The summed E-state index contributed by atoms with van der Waals surface area (Å²) in [6.45, 7) is 1.65. The predicted molar refractivity (Wildman–Crippen MR) is 78.9 cm³/mol. The fraction of sp³-hybridized carbons (Fsp3) is 0.467. The maximum atomic E-state index is 12.5. The largest absolute Gasteiger partial charge is 0.329 e. The highest BCUT2D eigenvalue weighted by atomic mass is 16.2.